The number of hydrogen-bond donors (Lipinski definition) is 1. The van der Waals surface area contributed by atoms with Gasteiger partial charge in [-0.1, -0.05) is 56.3 Å². The van der Waals surface area contributed by atoms with Crippen molar-refractivity contribution in [3.8, 4) is 11.3 Å². The molecule has 0 aliphatic carbocycles. The molecule has 0 fully saturated rings. The lowest BCUT2D eigenvalue weighted by Gasteiger charge is -2.11. The molecule has 4 nitrogen and oxygen atoms in total. The quantitative estimate of drug-likeness (QED) is 0.555. The van der Waals surface area contributed by atoms with Crippen LogP contribution in [0.15, 0.2) is 73.2 Å². The second-order valence-corrected chi connectivity index (χ2v) is 6.38. The molecule has 25 heavy (non-hydrogen) atoms. The second kappa shape index (κ2) is 6.40. The van der Waals surface area contributed by atoms with E-state index in [4.69, 9.17) is 4.98 Å². The topological polar surface area (TPSA) is 42.2 Å². The van der Waals surface area contributed by atoms with Crippen molar-refractivity contribution in [1.82, 2.24) is 14.4 Å². The zero-order valence-electron chi connectivity index (χ0n) is 14.3. The highest BCUT2D eigenvalue weighted by Gasteiger charge is 2.14. The van der Waals surface area contributed by atoms with Gasteiger partial charge in [0.05, 0.1) is 6.20 Å². The predicted molar refractivity (Wildman–Crippen MR) is 102 cm³/mol. The number of rotatable bonds is 4. The van der Waals surface area contributed by atoms with Crippen molar-refractivity contribution in [2.45, 2.75) is 19.8 Å². The molecule has 0 amide bonds. The average Bonchev–Trinajstić information content (AvgIpc) is 3.02. The van der Waals surface area contributed by atoms with Gasteiger partial charge < -0.3 is 5.32 Å². The first-order valence-electron chi connectivity index (χ1n) is 8.47. The normalized spacial score (nSPS) is 11.2. The Kier molecular flexibility index (Phi) is 3.94. The molecule has 4 heteroatoms. The standard InChI is InChI=1S/C21H20N4/c1-15(2)16-8-10-18(11-9-16)23-21-20(17-6-4-3-5-7-17)24-19-14-22-12-13-25(19)21/h3-15,23H,1-2H3. The van der Waals surface area contributed by atoms with Gasteiger partial charge in [-0.2, -0.15) is 0 Å². The summed E-state index contributed by atoms with van der Waals surface area (Å²) in [5.41, 5.74) is 5.19. The summed E-state index contributed by atoms with van der Waals surface area (Å²) < 4.78 is 2.03. The van der Waals surface area contributed by atoms with Crippen LogP contribution in [0.2, 0.25) is 0 Å². The lowest BCUT2D eigenvalue weighted by atomic mass is 10.0. The largest absolute Gasteiger partial charge is 0.339 e. The van der Waals surface area contributed by atoms with Crippen molar-refractivity contribution < 1.29 is 0 Å². The molecular weight excluding hydrogens is 308 g/mol. The summed E-state index contributed by atoms with van der Waals surface area (Å²) >= 11 is 0. The highest BCUT2D eigenvalue weighted by Crippen LogP contribution is 2.31. The molecule has 2 aromatic heterocycles. The van der Waals surface area contributed by atoms with Gasteiger partial charge in [0.15, 0.2) is 5.65 Å². The Balaban J connectivity index is 1.80. The molecule has 0 bridgehead atoms. The summed E-state index contributed by atoms with van der Waals surface area (Å²) in [6, 6.07) is 18.8. The Bertz CT molecular complexity index is 986. The monoisotopic (exact) mass is 328 g/mol. The van der Waals surface area contributed by atoms with Crippen LogP contribution in [0.25, 0.3) is 16.9 Å². The molecule has 0 saturated heterocycles. The first-order chi connectivity index (χ1) is 12.2. The van der Waals surface area contributed by atoms with Crippen molar-refractivity contribution >= 4 is 17.2 Å². The Morgan fingerprint density at radius 2 is 1.72 bits per heavy atom. The maximum atomic E-state index is 4.76. The SMILES string of the molecule is CC(C)c1ccc(Nc2c(-c3ccccc3)nc3cnccn23)cc1. The van der Waals surface area contributed by atoms with E-state index in [0.29, 0.717) is 5.92 Å². The highest BCUT2D eigenvalue weighted by molar-refractivity contribution is 5.79. The fraction of sp³-hybridized carbons (Fsp3) is 0.143. The maximum Gasteiger partial charge on any atom is 0.157 e. The van der Waals surface area contributed by atoms with Crippen LogP contribution in [0.3, 0.4) is 0 Å². The molecule has 0 spiro atoms. The smallest absolute Gasteiger partial charge is 0.157 e. The van der Waals surface area contributed by atoms with E-state index < -0.39 is 0 Å². The Labute approximate surface area is 147 Å². The number of anilines is 2. The molecule has 0 aliphatic heterocycles. The van der Waals surface area contributed by atoms with E-state index >= 15 is 0 Å². The summed E-state index contributed by atoms with van der Waals surface area (Å²) in [7, 11) is 0. The van der Waals surface area contributed by atoms with Gasteiger partial charge >= 0.3 is 0 Å². The fourth-order valence-electron chi connectivity index (χ4n) is 2.91. The molecule has 4 rings (SSSR count). The van der Waals surface area contributed by atoms with Crippen molar-refractivity contribution in [1.29, 1.82) is 0 Å². The molecule has 0 unspecified atom stereocenters. The van der Waals surface area contributed by atoms with E-state index in [9.17, 15) is 0 Å². The van der Waals surface area contributed by atoms with Crippen LogP contribution in [0.5, 0.6) is 0 Å². The third kappa shape index (κ3) is 2.98. The second-order valence-electron chi connectivity index (χ2n) is 6.38. The summed E-state index contributed by atoms with van der Waals surface area (Å²) in [6.45, 7) is 4.40. The molecule has 0 atom stereocenters. The van der Waals surface area contributed by atoms with Gasteiger partial charge in [0, 0.05) is 23.6 Å². The van der Waals surface area contributed by atoms with Gasteiger partial charge in [0.1, 0.15) is 11.5 Å². The Morgan fingerprint density at radius 1 is 0.960 bits per heavy atom. The van der Waals surface area contributed by atoms with Crippen molar-refractivity contribution in [3.63, 3.8) is 0 Å². The van der Waals surface area contributed by atoms with Crippen LogP contribution < -0.4 is 5.32 Å². The van der Waals surface area contributed by atoms with E-state index in [1.165, 1.54) is 5.56 Å². The van der Waals surface area contributed by atoms with E-state index in [-0.39, 0.29) is 0 Å². The first kappa shape index (κ1) is 15.4. The van der Waals surface area contributed by atoms with E-state index in [0.717, 1.165) is 28.4 Å². The van der Waals surface area contributed by atoms with Crippen LogP contribution in [-0.2, 0) is 0 Å². The Hall–Kier alpha value is -3.14. The summed E-state index contributed by atoms with van der Waals surface area (Å²) in [5.74, 6) is 1.47. The van der Waals surface area contributed by atoms with Gasteiger partial charge in [-0.25, -0.2) is 4.98 Å². The number of aromatic nitrogens is 3. The number of nitrogens with one attached hydrogen (secondary N) is 1. The summed E-state index contributed by atoms with van der Waals surface area (Å²) in [6.07, 6.45) is 5.48. The number of hydrogen-bond acceptors (Lipinski definition) is 3. The van der Waals surface area contributed by atoms with Crippen molar-refractivity contribution in [3.05, 3.63) is 78.8 Å². The van der Waals surface area contributed by atoms with Crippen LogP contribution in [-0.4, -0.2) is 14.4 Å². The van der Waals surface area contributed by atoms with Crippen LogP contribution >= 0.6 is 0 Å². The lowest BCUT2D eigenvalue weighted by Crippen LogP contribution is -1.97. The minimum atomic E-state index is 0.524. The molecule has 2 aromatic carbocycles. The van der Waals surface area contributed by atoms with Gasteiger partial charge in [-0.05, 0) is 23.6 Å². The van der Waals surface area contributed by atoms with Crippen LogP contribution in [0.4, 0.5) is 11.5 Å². The summed E-state index contributed by atoms with van der Waals surface area (Å²) in [4.78, 5) is 8.95. The van der Waals surface area contributed by atoms with Crippen molar-refractivity contribution in [2.75, 3.05) is 5.32 Å². The molecule has 0 radical (unpaired) electrons. The van der Waals surface area contributed by atoms with Gasteiger partial charge in [0.2, 0.25) is 0 Å². The zero-order valence-corrected chi connectivity index (χ0v) is 14.3. The number of nitrogens with zero attached hydrogens (tertiary/aromatic N) is 3. The molecule has 2 heterocycles. The van der Waals surface area contributed by atoms with E-state index in [1.807, 2.05) is 28.8 Å². The highest BCUT2D eigenvalue weighted by atomic mass is 15.1. The zero-order chi connectivity index (χ0) is 17.2. The van der Waals surface area contributed by atoms with Gasteiger partial charge in [-0.3, -0.25) is 9.38 Å². The van der Waals surface area contributed by atoms with E-state index in [2.05, 4.69) is 60.5 Å². The number of fused-ring (bicyclic) bond motifs is 1. The van der Waals surface area contributed by atoms with Crippen LogP contribution in [0, 0.1) is 0 Å². The fourth-order valence-corrected chi connectivity index (χ4v) is 2.91. The third-order valence-electron chi connectivity index (χ3n) is 4.32. The number of imidazole rings is 1. The third-order valence-corrected chi connectivity index (χ3v) is 4.32. The van der Waals surface area contributed by atoms with Gasteiger partial charge in [0.25, 0.3) is 0 Å². The molecular formula is C21H20N4. The predicted octanol–water partition coefficient (Wildman–Crippen LogP) is 5.26. The van der Waals surface area contributed by atoms with Crippen molar-refractivity contribution in [2.24, 2.45) is 0 Å². The Morgan fingerprint density at radius 3 is 2.44 bits per heavy atom. The maximum absolute atomic E-state index is 4.76. The minimum absolute atomic E-state index is 0.524. The number of benzene rings is 2. The summed E-state index contributed by atoms with van der Waals surface area (Å²) in [5, 5.41) is 3.53. The molecule has 0 aliphatic rings. The van der Waals surface area contributed by atoms with E-state index in [1.54, 1.807) is 12.4 Å². The first-order valence-corrected chi connectivity index (χ1v) is 8.47. The minimum Gasteiger partial charge on any atom is -0.339 e. The van der Waals surface area contributed by atoms with Gasteiger partial charge in [-0.15, -0.1) is 0 Å². The molecule has 0 saturated carbocycles. The molecule has 124 valence electrons. The molecule has 1 N–H and O–H groups in total. The average molecular weight is 328 g/mol. The van der Waals surface area contributed by atoms with Crippen LogP contribution in [0.1, 0.15) is 25.3 Å². The lowest BCUT2D eigenvalue weighted by molar-refractivity contribution is 0.867. The molecule has 4 aromatic rings.